The van der Waals surface area contributed by atoms with Crippen LogP contribution in [0.15, 0.2) is 10.4 Å². The molecule has 0 aliphatic rings. The number of aromatic nitrogens is 1. The average Bonchev–Trinajstić information content (AvgIpc) is 2.62. The standard InChI is InChI=1S/C9H15ClN2O2S2/c1-6(2)7(3)12(4)16(13,14)8-5-11-9(10)15-8/h5-7H,1-4H3. The van der Waals surface area contributed by atoms with Gasteiger partial charge in [0.25, 0.3) is 10.0 Å². The Morgan fingerprint density at radius 2 is 2.00 bits per heavy atom. The van der Waals surface area contributed by atoms with E-state index in [1.165, 1.54) is 10.5 Å². The maximum absolute atomic E-state index is 12.1. The molecular weight excluding hydrogens is 268 g/mol. The number of thiazole rings is 1. The average molecular weight is 283 g/mol. The molecule has 1 atom stereocenters. The summed E-state index contributed by atoms with van der Waals surface area (Å²) in [5, 5.41) is 0. The topological polar surface area (TPSA) is 50.3 Å². The Kier molecular flexibility index (Phi) is 4.34. The van der Waals surface area contributed by atoms with Crippen molar-refractivity contribution in [2.45, 2.75) is 31.0 Å². The molecule has 0 radical (unpaired) electrons. The summed E-state index contributed by atoms with van der Waals surface area (Å²) in [6.07, 6.45) is 1.30. The molecule has 0 amide bonds. The van der Waals surface area contributed by atoms with Gasteiger partial charge in [-0.15, -0.1) is 0 Å². The molecule has 4 nitrogen and oxygen atoms in total. The second kappa shape index (κ2) is 5.00. The van der Waals surface area contributed by atoms with Gasteiger partial charge in [-0.25, -0.2) is 13.4 Å². The minimum absolute atomic E-state index is 0.0640. The minimum atomic E-state index is -3.46. The van der Waals surface area contributed by atoms with Crippen LogP contribution in [0.3, 0.4) is 0 Å². The van der Waals surface area contributed by atoms with Crippen LogP contribution in [0.4, 0.5) is 0 Å². The molecule has 0 saturated carbocycles. The summed E-state index contributed by atoms with van der Waals surface area (Å²) < 4.78 is 26.0. The fraction of sp³-hybridized carbons (Fsp3) is 0.667. The third-order valence-corrected chi connectivity index (χ3v) is 6.12. The Balaban J connectivity index is 3.03. The van der Waals surface area contributed by atoms with E-state index in [1.54, 1.807) is 7.05 Å². The van der Waals surface area contributed by atoms with E-state index in [0.29, 0.717) is 0 Å². The van der Waals surface area contributed by atoms with Crippen molar-refractivity contribution in [2.75, 3.05) is 7.05 Å². The van der Waals surface area contributed by atoms with Crippen molar-refractivity contribution >= 4 is 33.0 Å². The Labute approximate surface area is 105 Å². The molecular formula is C9H15ClN2O2S2. The van der Waals surface area contributed by atoms with Crippen LogP contribution in [0, 0.1) is 5.92 Å². The Bertz CT molecular complexity index is 456. The van der Waals surface area contributed by atoms with Crippen molar-refractivity contribution in [1.82, 2.24) is 9.29 Å². The van der Waals surface area contributed by atoms with Crippen LogP contribution in [0.1, 0.15) is 20.8 Å². The summed E-state index contributed by atoms with van der Waals surface area (Å²) in [6, 6.07) is -0.0640. The molecule has 1 unspecified atom stereocenters. The molecule has 1 rings (SSSR count). The van der Waals surface area contributed by atoms with Crippen LogP contribution in [-0.2, 0) is 10.0 Å². The first-order valence-corrected chi connectivity index (χ1v) is 7.49. The second-order valence-electron chi connectivity index (χ2n) is 3.94. The van der Waals surface area contributed by atoms with E-state index in [2.05, 4.69) is 4.98 Å². The molecule has 0 bridgehead atoms. The first-order chi connectivity index (χ1) is 7.26. The first-order valence-electron chi connectivity index (χ1n) is 4.86. The van der Waals surface area contributed by atoms with E-state index in [1.807, 2.05) is 20.8 Å². The highest BCUT2D eigenvalue weighted by molar-refractivity contribution is 7.91. The molecule has 0 spiro atoms. The molecule has 16 heavy (non-hydrogen) atoms. The molecule has 0 aliphatic heterocycles. The van der Waals surface area contributed by atoms with Gasteiger partial charge in [0.05, 0.1) is 6.20 Å². The Morgan fingerprint density at radius 3 is 2.38 bits per heavy atom. The predicted octanol–water partition coefficient (Wildman–Crippen LogP) is 2.46. The van der Waals surface area contributed by atoms with E-state index in [0.717, 1.165) is 11.3 Å². The van der Waals surface area contributed by atoms with Gasteiger partial charge < -0.3 is 0 Å². The van der Waals surface area contributed by atoms with Gasteiger partial charge in [0.15, 0.2) is 8.68 Å². The first kappa shape index (κ1) is 13.9. The lowest BCUT2D eigenvalue weighted by molar-refractivity contribution is 0.316. The van der Waals surface area contributed by atoms with Crippen molar-refractivity contribution in [1.29, 1.82) is 0 Å². The van der Waals surface area contributed by atoms with Gasteiger partial charge in [-0.1, -0.05) is 36.8 Å². The van der Waals surface area contributed by atoms with Crippen molar-refractivity contribution in [2.24, 2.45) is 5.92 Å². The number of nitrogens with zero attached hydrogens (tertiary/aromatic N) is 2. The maximum Gasteiger partial charge on any atom is 0.254 e. The molecule has 92 valence electrons. The summed E-state index contributed by atoms with van der Waals surface area (Å²) in [5.41, 5.74) is 0. The lowest BCUT2D eigenvalue weighted by Gasteiger charge is -2.26. The molecule has 0 fully saturated rings. The second-order valence-corrected chi connectivity index (χ2v) is 7.78. The van der Waals surface area contributed by atoms with Crippen LogP contribution in [0.5, 0.6) is 0 Å². The monoisotopic (exact) mass is 282 g/mol. The quantitative estimate of drug-likeness (QED) is 0.852. The van der Waals surface area contributed by atoms with E-state index < -0.39 is 10.0 Å². The highest BCUT2D eigenvalue weighted by Gasteiger charge is 2.28. The van der Waals surface area contributed by atoms with Crippen molar-refractivity contribution < 1.29 is 8.42 Å². The molecule has 1 heterocycles. The van der Waals surface area contributed by atoms with Gasteiger partial charge >= 0.3 is 0 Å². The highest BCUT2D eigenvalue weighted by atomic mass is 35.5. The number of rotatable bonds is 4. The molecule has 0 aromatic carbocycles. The molecule has 7 heteroatoms. The van der Waals surface area contributed by atoms with Crippen LogP contribution in [0.25, 0.3) is 0 Å². The summed E-state index contributed by atoms with van der Waals surface area (Å²) in [4.78, 5) is 3.75. The zero-order valence-electron chi connectivity index (χ0n) is 9.64. The van der Waals surface area contributed by atoms with E-state index in [9.17, 15) is 8.42 Å². The van der Waals surface area contributed by atoms with Gasteiger partial charge in [0.1, 0.15) is 0 Å². The van der Waals surface area contributed by atoms with E-state index in [4.69, 9.17) is 11.6 Å². The largest absolute Gasteiger partial charge is 0.254 e. The number of hydrogen-bond donors (Lipinski definition) is 0. The normalized spacial score (nSPS) is 14.7. The Morgan fingerprint density at radius 1 is 1.44 bits per heavy atom. The number of sulfonamides is 1. The third kappa shape index (κ3) is 2.74. The van der Waals surface area contributed by atoms with Gasteiger partial charge in [-0.2, -0.15) is 4.31 Å². The predicted molar refractivity (Wildman–Crippen MR) is 66.4 cm³/mol. The fourth-order valence-corrected chi connectivity index (χ4v) is 4.11. The molecule has 0 saturated heterocycles. The Hall–Kier alpha value is -0.170. The third-order valence-electron chi connectivity index (χ3n) is 2.63. The van der Waals surface area contributed by atoms with Crippen LogP contribution in [0.2, 0.25) is 4.47 Å². The molecule has 0 aliphatic carbocycles. The highest BCUT2D eigenvalue weighted by Crippen LogP contribution is 2.26. The van der Waals surface area contributed by atoms with Crippen LogP contribution in [-0.4, -0.2) is 30.8 Å². The van der Waals surface area contributed by atoms with Crippen LogP contribution < -0.4 is 0 Å². The van der Waals surface area contributed by atoms with Crippen molar-refractivity contribution in [3.05, 3.63) is 10.7 Å². The zero-order chi connectivity index (χ0) is 12.5. The molecule has 1 aromatic rings. The van der Waals surface area contributed by atoms with E-state index in [-0.39, 0.29) is 20.6 Å². The van der Waals surface area contributed by atoms with Gasteiger partial charge in [0.2, 0.25) is 0 Å². The van der Waals surface area contributed by atoms with Gasteiger partial charge in [0, 0.05) is 13.1 Å². The van der Waals surface area contributed by atoms with E-state index >= 15 is 0 Å². The molecule has 0 N–H and O–H groups in total. The number of hydrogen-bond acceptors (Lipinski definition) is 4. The summed E-state index contributed by atoms with van der Waals surface area (Å²) in [7, 11) is -1.88. The summed E-state index contributed by atoms with van der Waals surface area (Å²) in [6.45, 7) is 5.84. The maximum atomic E-state index is 12.1. The number of halogens is 1. The zero-order valence-corrected chi connectivity index (χ0v) is 12.0. The van der Waals surface area contributed by atoms with Gasteiger partial charge in [-0.3, -0.25) is 0 Å². The van der Waals surface area contributed by atoms with Crippen molar-refractivity contribution in [3.63, 3.8) is 0 Å². The lowest BCUT2D eigenvalue weighted by atomic mass is 10.1. The van der Waals surface area contributed by atoms with Crippen molar-refractivity contribution in [3.8, 4) is 0 Å². The smallest absolute Gasteiger partial charge is 0.232 e. The lowest BCUT2D eigenvalue weighted by Crippen LogP contribution is -2.37. The van der Waals surface area contributed by atoms with Gasteiger partial charge in [-0.05, 0) is 12.8 Å². The minimum Gasteiger partial charge on any atom is -0.232 e. The summed E-state index contributed by atoms with van der Waals surface area (Å²) in [5.74, 6) is 0.253. The van der Waals surface area contributed by atoms with Crippen LogP contribution >= 0.6 is 22.9 Å². The molecule has 1 aromatic heterocycles. The fourth-order valence-electron chi connectivity index (χ4n) is 1.14. The SMILES string of the molecule is CC(C)C(C)N(C)S(=O)(=O)c1cnc(Cl)s1. The summed E-state index contributed by atoms with van der Waals surface area (Å²) >= 11 is 6.61.